The van der Waals surface area contributed by atoms with Crippen LogP contribution in [-0.2, 0) is 0 Å². The minimum atomic E-state index is 0.132. The molecular formula is C6H14N2. The lowest BCUT2D eigenvalue weighted by molar-refractivity contribution is 0.547. The van der Waals surface area contributed by atoms with E-state index in [0.29, 0.717) is 0 Å². The molecular weight excluding hydrogens is 100 g/mol. The second-order valence-electron chi connectivity index (χ2n) is 1.76. The molecule has 3 N–H and O–H groups in total. The first kappa shape index (κ1) is 7.66. The Balaban J connectivity index is 2.97. The van der Waals surface area contributed by atoms with E-state index >= 15 is 0 Å². The molecule has 0 aliphatic heterocycles. The van der Waals surface area contributed by atoms with E-state index in [1.165, 1.54) is 0 Å². The van der Waals surface area contributed by atoms with Crippen LogP contribution < -0.4 is 11.1 Å². The van der Waals surface area contributed by atoms with E-state index in [9.17, 15) is 0 Å². The summed E-state index contributed by atoms with van der Waals surface area (Å²) < 4.78 is 0. The van der Waals surface area contributed by atoms with Crippen LogP contribution in [0, 0.1) is 0 Å². The highest BCUT2D eigenvalue weighted by Crippen LogP contribution is 1.89. The molecule has 8 heavy (non-hydrogen) atoms. The second kappa shape index (κ2) is 4.81. The molecule has 0 aliphatic rings. The average molecular weight is 114 g/mol. The molecule has 0 aromatic carbocycles. The standard InChI is InChI=1S/C6H14N2/c1-3-4-5-6(7)8-2/h3,6,8H,1,4-5,7H2,2H3. The zero-order valence-corrected chi connectivity index (χ0v) is 5.35. The summed E-state index contributed by atoms with van der Waals surface area (Å²) >= 11 is 0. The molecule has 1 atom stereocenters. The maximum absolute atomic E-state index is 5.50. The molecule has 0 saturated carbocycles. The maximum Gasteiger partial charge on any atom is 0.0546 e. The predicted octanol–water partition coefficient (Wildman–Crippen LogP) is 0.457. The minimum Gasteiger partial charge on any atom is -0.316 e. The number of rotatable bonds is 4. The van der Waals surface area contributed by atoms with Crippen LogP contribution in [0.5, 0.6) is 0 Å². The summed E-state index contributed by atoms with van der Waals surface area (Å²) in [5.74, 6) is 0. The Morgan fingerprint density at radius 1 is 1.88 bits per heavy atom. The number of nitrogens with two attached hydrogens (primary N) is 1. The van der Waals surface area contributed by atoms with Crippen molar-refractivity contribution >= 4 is 0 Å². The smallest absolute Gasteiger partial charge is 0.0546 e. The van der Waals surface area contributed by atoms with Gasteiger partial charge in [0.25, 0.3) is 0 Å². The molecule has 0 fully saturated rings. The van der Waals surface area contributed by atoms with E-state index in [1.54, 1.807) is 0 Å². The number of hydrogen-bond acceptors (Lipinski definition) is 2. The fourth-order valence-electron chi connectivity index (χ4n) is 0.442. The Morgan fingerprint density at radius 2 is 2.50 bits per heavy atom. The van der Waals surface area contributed by atoms with Gasteiger partial charge in [-0.25, -0.2) is 0 Å². The van der Waals surface area contributed by atoms with Gasteiger partial charge in [-0.1, -0.05) is 6.08 Å². The molecule has 0 aliphatic carbocycles. The van der Waals surface area contributed by atoms with Crippen molar-refractivity contribution in [2.24, 2.45) is 5.73 Å². The third-order valence-electron chi connectivity index (χ3n) is 1.05. The molecule has 0 bridgehead atoms. The van der Waals surface area contributed by atoms with Gasteiger partial charge in [-0.15, -0.1) is 6.58 Å². The summed E-state index contributed by atoms with van der Waals surface area (Å²) in [4.78, 5) is 0. The largest absolute Gasteiger partial charge is 0.316 e. The lowest BCUT2D eigenvalue weighted by atomic mass is 10.2. The van der Waals surface area contributed by atoms with Gasteiger partial charge in [0, 0.05) is 0 Å². The van der Waals surface area contributed by atoms with Crippen molar-refractivity contribution < 1.29 is 0 Å². The van der Waals surface area contributed by atoms with Crippen molar-refractivity contribution in [2.75, 3.05) is 7.05 Å². The van der Waals surface area contributed by atoms with E-state index in [4.69, 9.17) is 5.73 Å². The molecule has 0 saturated heterocycles. The van der Waals surface area contributed by atoms with Crippen molar-refractivity contribution in [1.82, 2.24) is 5.32 Å². The summed E-state index contributed by atoms with van der Waals surface area (Å²) in [6.07, 6.45) is 3.96. The van der Waals surface area contributed by atoms with Crippen molar-refractivity contribution in [3.05, 3.63) is 12.7 Å². The SMILES string of the molecule is C=CCCC(N)NC. The Bertz CT molecular complexity index is 61.5. The number of allylic oxidation sites excluding steroid dienone is 1. The first-order valence-corrected chi connectivity index (χ1v) is 2.85. The van der Waals surface area contributed by atoms with E-state index in [2.05, 4.69) is 11.9 Å². The zero-order valence-electron chi connectivity index (χ0n) is 5.35. The van der Waals surface area contributed by atoms with Gasteiger partial charge in [-0.3, -0.25) is 0 Å². The molecule has 2 nitrogen and oxygen atoms in total. The van der Waals surface area contributed by atoms with Crippen LogP contribution in [0.15, 0.2) is 12.7 Å². The quantitative estimate of drug-likeness (QED) is 0.411. The molecule has 0 aromatic heterocycles. The summed E-state index contributed by atoms with van der Waals surface area (Å²) in [6.45, 7) is 3.58. The van der Waals surface area contributed by atoms with E-state index in [0.717, 1.165) is 12.8 Å². The predicted molar refractivity (Wildman–Crippen MR) is 36.5 cm³/mol. The highest BCUT2D eigenvalue weighted by atomic mass is 15.0. The molecule has 1 unspecified atom stereocenters. The lowest BCUT2D eigenvalue weighted by Gasteiger charge is -2.06. The molecule has 48 valence electrons. The van der Waals surface area contributed by atoms with Crippen LogP contribution in [0.4, 0.5) is 0 Å². The summed E-state index contributed by atoms with van der Waals surface area (Å²) in [5, 5.41) is 2.93. The Kier molecular flexibility index (Phi) is 4.61. The first-order chi connectivity index (χ1) is 3.81. The summed E-state index contributed by atoms with van der Waals surface area (Å²) in [7, 11) is 1.85. The fourth-order valence-corrected chi connectivity index (χ4v) is 0.442. The van der Waals surface area contributed by atoms with Crippen LogP contribution >= 0.6 is 0 Å². The fraction of sp³-hybridized carbons (Fsp3) is 0.667. The van der Waals surface area contributed by atoms with E-state index < -0.39 is 0 Å². The monoisotopic (exact) mass is 114 g/mol. The minimum absolute atomic E-state index is 0.132. The van der Waals surface area contributed by atoms with Crippen LogP contribution in [0.3, 0.4) is 0 Å². The molecule has 0 radical (unpaired) electrons. The third kappa shape index (κ3) is 3.84. The zero-order chi connectivity index (χ0) is 6.41. The number of hydrogen-bond donors (Lipinski definition) is 2. The average Bonchev–Trinajstić information content (AvgIpc) is 1.83. The lowest BCUT2D eigenvalue weighted by Crippen LogP contribution is -2.33. The first-order valence-electron chi connectivity index (χ1n) is 2.85. The van der Waals surface area contributed by atoms with Crippen LogP contribution in [-0.4, -0.2) is 13.2 Å². The normalized spacial score (nSPS) is 13.2. The summed E-state index contributed by atoms with van der Waals surface area (Å²) in [6, 6.07) is 0. The Labute approximate surface area is 50.8 Å². The topological polar surface area (TPSA) is 38.0 Å². The van der Waals surface area contributed by atoms with Gasteiger partial charge in [0.15, 0.2) is 0 Å². The molecule has 0 rings (SSSR count). The van der Waals surface area contributed by atoms with E-state index in [1.807, 2.05) is 13.1 Å². The molecule has 2 heteroatoms. The van der Waals surface area contributed by atoms with Crippen LogP contribution in [0.1, 0.15) is 12.8 Å². The summed E-state index contributed by atoms with van der Waals surface area (Å²) in [5.41, 5.74) is 5.50. The molecule has 0 spiro atoms. The van der Waals surface area contributed by atoms with Gasteiger partial charge in [0.05, 0.1) is 6.17 Å². The number of nitrogens with one attached hydrogen (secondary N) is 1. The van der Waals surface area contributed by atoms with Gasteiger partial charge in [-0.05, 0) is 19.9 Å². The molecule has 0 amide bonds. The van der Waals surface area contributed by atoms with Crippen molar-refractivity contribution in [3.8, 4) is 0 Å². The Hall–Kier alpha value is -0.340. The highest BCUT2D eigenvalue weighted by molar-refractivity contribution is 4.68. The van der Waals surface area contributed by atoms with Crippen molar-refractivity contribution in [1.29, 1.82) is 0 Å². The van der Waals surface area contributed by atoms with Gasteiger partial charge in [0.1, 0.15) is 0 Å². The molecule has 0 aromatic rings. The van der Waals surface area contributed by atoms with Crippen molar-refractivity contribution in [2.45, 2.75) is 19.0 Å². The van der Waals surface area contributed by atoms with Gasteiger partial charge >= 0.3 is 0 Å². The Morgan fingerprint density at radius 3 is 2.88 bits per heavy atom. The second-order valence-corrected chi connectivity index (χ2v) is 1.76. The van der Waals surface area contributed by atoms with Gasteiger partial charge < -0.3 is 11.1 Å². The van der Waals surface area contributed by atoms with Crippen LogP contribution in [0.25, 0.3) is 0 Å². The van der Waals surface area contributed by atoms with Crippen molar-refractivity contribution in [3.63, 3.8) is 0 Å². The highest BCUT2D eigenvalue weighted by Gasteiger charge is 1.92. The third-order valence-corrected chi connectivity index (χ3v) is 1.05. The van der Waals surface area contributed by atoms with Gasteiger partial charge in [0.2, 0.25) is 0 Å². The maximum atomic E-state index is 5.50. The van der Waals surface area contributed by atoms with Gasteiger partial charge in [-0.2, -0.15) is 0 Å². The molecule has 0 heterocycles. The van der Waals surface area contributed by atoms with Crippen LogP contribution in [0.2, 0.25) is 0 Å². The van der Waals surface area contributed by atoms with E-state index in [-0.39, 0.29) is 6.17 Å².